The van der Waals surface area contributed by atoms with Crippen LogP contribution in [-0.4, -0.2) is 12.3 Å². The summed E-state index contributed by atoms with van der Waals surface area (Å²) in [5, 5.41) is 0. The minimum absolute atomic E-state index is 0.0338. The van der Waals surface area contributed by atoms with E-state index in [0.29, 0.717) is 17.9 Å². The Bertz CT molecular complexity index is 458. The first-order valence-corrected chi connectivity index (χ1v) is 5.57. The lowest BCUT2D eigenvalue weighted by Crippen LogP contribution is -2.24. The number of fused-ring (bicyclic) bond motifs is 1. The topological polar surface area (TPSA) is 44.5 Å². The van der Waals surface area contributed by atoms with Crippen molar-refractivity contribution in [1.82, 2.24) is 0 Å². The standard InChI is InChI=1S/C12H13F2NO2/c13-11(14)7-3-8(5-12(15)1-2-12)10-9(4-7)16-6-17-10/h3-4,11H,1-2,5-6,15H2. The van der Waals surface area contributed by atoms with Crippen LogP contribution in [0.1, 0.15) is 30.4 Å². The molecule has 0 saturated heterocycles. The van der Waals surface area contributed by atoms with E-state index in [0.717, 1.165) is 18.4 Å². The van der Waals surface area contributed by atoms with Gasteiger partial charge in [0.15, 0.2) is 11.5 Å². The fourth-order valence-electron chi connectivity index (χ4n) is 2.08. The molecule has 0 spiro atoms. The van der Waals surface area contributed by atoms with Crippen LogP contribution in [0.25, 0.3) is 0 Å². The minimum atomic E-state index is -2.50. The van der Waals surface area contributed by atoms with Crippen LogP contribution in [0.4, 0.5) is 8.78 Å². The van der Waals surface area contributed by atoms with Gasteiger partial charge in [0.1, 0.15) is 0 Å². The first kappa shape index (κ1) is 10.8. The largest absolute Gasteiger partial charge is 0.454 e. The monoisotopic (exact) mass is 241 g/mol. The Labute approximate surface area is 97.5 Å². The average Bonchev–Trinajstić information content (AvgIpc) is 2.81. The molecule has 3 rings (SSSR count). The highest BCUT2D eigenvalue weighted by Gasteiger charge is 2.39. The summed E-state index contributed by atoms with van der Waals surface area (Å²) < 4.78 is 36.0. The molecule has 5 heteroatoms. The van der Waals surface area contributed by atoms with Gasteiger partial charge in [-0.25, -0.2) is 8.78 Å². The van der Waals surface area contributed by atoms with Crippen molar-refractivity contribution in [3.8, 4) is 11.5 Å². The van der Waals surface area contributed by atoms with Gasteiger partial charge in [0, 0.05) is 16.7 Å². The van der Waals surface area contributed by atoms with Crippen molar-refractivity contribution in [2.24, 2.45) is 5.73 Å². The molecule has 1 aromatic rings. The zero-order valence-electron chi connectivity index (χ0n) is 9.21. The highest BCUT2D eigenvalue weighted by molar-refractivity contribution is 5.52. The van der Waals surface area contributed by atoms with Gasteiger partial charge < -0.3 is 15.2 Å². The molecule has 2 N–H and O–H groups in total. The van der Waals surface area contributed by atoms with Gasteiger partial charge in [0.2, 0.25) is 6.79 Å². The van der Waals surface area contributed by atoms with Gasteiger partial charge in [-0.05, 0) is 31.4 Å². The van der Waals surface area contributed by atoms with E-state index in [1.807, 2.05) is 0 Å². The summed E-state index contributed by atoms with van der Waals surface area (Å²) >= 11 is 0. The Morgan fingerprint density at radius 3 is 2.71 bits per heavy atom. The fourth-order valence-corrected chi connectivity index (χ4v) is 2.08. The molecule has 0 atom stereocenters. The van der Waals surface area contributed by atoms with Crippen molar-refractivity contribution in [3.63, 3.8) is 0 Å². The number of benzene rings is 1. The molecule has 1 fully saturated rings. The van der Waals surface area contributed by atoms with E-state index < -0.39 is 6.43 Å². The molecule has 0 aromatic heterocycles. The van der Waals surface area contributed by atoms with E-state index in [9.17, 15) is 8.78 Å². The van der Waals surface area contributed by atoms with Crippen LogP contribution in [0.15, 0.2) is 12.1 Å². The molecule has 0 unspecified atom stereocenters. The second-order valence-electron chi connectivity index (χ2n) is 4.75. The number of ether oxygens (including phenoxy) is 2. The van der Waals surface area contributed by atoms with Crippen LogP contribution >= 0.6 is 0 Å². The van der Waals surface area contributed by atoms with Crippen LogP contribution in [0.2, 0.25) is 0 Å². The maximum Gasteiger partial charge on any atom is 0.263 e. The summed E-state index contributed by atoms with van der Waals surface area (Å²) in [5.41, 5.74) is 6.48. The SMILES string of the molecule is NC1(Cc2cc(C(F)F)cc3c2OCO3)CC1. The van der Waals surface area contributed by atoms with Gasteiger partial charge in [-0.3, -0.25) is 0 Å². The zero-order valence-corrected chi connectivity index (χ0v) is 9.21. The van der Waals surface area contributed by atoms with Crippen molar-refractivity contribution >= 4 is 0 Å². The van der Waals surface area contributed by atoms with Crippen LogP contribution in [-0.2, 0) is 6.42 Å². The predicted octanol–water partition coefficient (Wildman–Crippen LogP) is 2.39. The number of nitrogens with two attached hydrogens (primary N) is 1. The second kappa shape index (κ2) is 3.57. The summed E-state index contributed by atoms with van der Waals surface area (Å²) in [7, 11) is 0. The lowest BCUT2D eigenvalue weighted by atomic mass is 10.0. The Balaban J connectivity index is 1.99. The molecule has 1 aromatic carbocycles. The number of rotatable bonds is 3. The Kier molecular flexibility index (Phi) is 2.26. The molecular weight excluding hydrogens is 228 g/mol. The molecule has 0 bridgehead atoms. The van der Waals surface area contributed by atoms with Crippen LogP contribution in [0.5, 0.6) is 11.5 Å². The lowest BCUT2D eigenvalue weighted by Gasteiger charge is -2.12. The first-order chi connectivity index (χ1) is 8.07. The molecule has 17 heavy (non-hydrogen) atoms. The van der Waals surface area contributed by atoms with Crippen LogP contribution < -0.4 is 15.2 Å². The van der Waals surface area contributed by atoms with Crippen molar-refractivity contribution in [3.05, 3.63) is 23.3 Å². The van der Waals surface area contributed by atoms with Crippen molar-refractivity contribution in [2.45, 2.75) is 31.2 Å². The summed E-state index contributed by atoms with van der Waals surface area (Å²) in [6.45, 7) is 0.0899. The Hall–Kier alpha value is -1.36. The molecule has 0 amide bonds. The van der Waals surface area contributed by atoms with E-state index in [-0.39, 0.29) is 17.9 Å². The predicted molar refractivity (Wildman–Crippen MR) is 57.4 cm³/mol. The zero-order chi connectivity index (χ0) is 12.0. The average molecular weight is 241 g/mol. The second-order valence-corrected chi connectivity index (χ2v) is 4.75. The van der Waals surface area contributed by atoms with Crippen molar-refractivity contribution in [2.75, 3.05) is 6.79 Å². The van der Waals surface area contributed by atoms with Gasteiger partial charge in [0.05, 0.1) is 0 Å². The van der Waals surface area contributed by atoms with Gasteiger partial charge >= 0.3 is 0 Å². The normalized spacial score (nSPS) is 19.8. The molecule has 3 nitrogen and oxygen atoms in total. The third-order valence-corrected chi connectivity index (χ3v) is 3.26. The molecule has 1 heterocycles. The quantitative estimate of drug-likeness (QED) is 0.883. The molecule has 2 aliphatic rings. The summed E-state index contributed by atoms with van der Waals surface area (Å²) in [6.07, 6.45) is -0.0707. The molecule has 92 valence electrons. The smallest absolute Gasteiger partial charge is 0.263 e. The number of alkyl halides is 2. The molecular formula is C12H13F2NO2. The van der Waals surface area contributed by atoms with E-state index in [4.69, 9.17) is 15.2 Å². The third-order valence-electron chi connectivity index (χ3n) is 3.26. The van der Waals surface area contributed by atoms with Crippen molar-refractivity contribution < 1.29 is 18.3 Å². The molecule has 1 saturated carbocycles. The number of hydrogen-bond acceptors (Lipinski definition) is 3. The number of halogens is 2. The Morgan fingerprint density at radius 1 is 1.29 bits per heavy atom. The van der Waals surface area contributed by atoms with Crippen LogP contribution in [0, 0.1) is 0 Å². The van der Waals surface area contributed by atoms with Crippen LogP contribution in [0.3, 0.4) is 0 Å². The summed E-state index contributed by atoms with van der Waals surface area (Å²) in [6, 6.07) is 2.82. The van der Waals surface area contributed by atoms with Gasteiger partial charge in [0.25, 0.3) is 6.43 Å². The molecule has 0 radical (unpaired) electrons. The third kappa shape index (κ3) is 1.95. The molecule has 1 aliphatic heterocycles. The van der Waals surface area contributed by atoms with E-state index in [2.05, 4.69) is 0 Å². The van der Waals surface area contributed by atoms with Gasteiger partial charge in [-0.2, -0.15) is 0 Å². The van der Waals surface area contributed by atoms with E-state index >= 15 is 0 Å². The summed E-state index contributed by atoms with van der Waals surface area (Å²) in [4.78, 5) is 0. The van der Waals surface area contributed by atoms with Gasteiger partial charge in [-0.1, -0.05) is 0 Å². The van der Waals surface area contributed by atoms with Gasteiger partial charge in [-0.15, -0.1) is 0 Å². The highest BCUT2D eigenvalue weighted by Crippen LogP contribution is 2.44. The molecule has 1 aliphatic carbocycles. The highest BCUT2D eigenvalue weighted by atomic mass is 19.3. The maximum atomic E-state index is 12.7. The fraction of sp³-hybridized carbons (Fsp3) is 0.500. The summed E-state index contributed by atoms with van der Waals surface area (Å²) in [5.74, 6) is 0.980. The number of hydrogen-bond donors (Lipinski definition) is 1. The first-order valence-electron chi connectivity index (χ1n) is 5.57. The van der Waals surface area contributed by atoms with Crippen molar-refractivity contribution in [1.29, 1.82) is 0 Å². The van der Waals surface area contributed by atoms with E-state index in [1.54, 1.807) is 0 Å². The van der Waals surface area contributed by atoms with E-state index in [1.165, 1.54) is 12.1 Å². The minimum Gasteiger partial charge on any atom is -0.454 e. The lowest BCUT2D eigenvalue weighted by molar-refractivity contribution is 0.150. The maximum absolute atomic E-state index is 12.7. The Morgan fingerprint density at radius 2 is 2.06 bits per heavy atom.